The quantitative estimate of drug-likeness (QED) is 0.151. The molecule has 3 aliphatic heterocycles. The van der Waals surface area contributed by atoms with Crippen LogP contribution in [-0.2, 0) is 19.6 Å². The van der Waals surface area contributed by atoms with E-state index in [4.69, 9.17) is 0 Å². The summed E-state index contributed by atoms with van der Waals surface area (Å²) in [5, 5.41) is 0. The monoisotopic (exact) mass is 900 g/mol. The highest BCUT2D eigenvalue weighted by Gasteiger charge is 2.58. The molecule has 3 aromatic heterocycles. The highest BCUT2D eigenvalue weighted by atomic mass is 16.2. The van der Waals surface area contributed by atoms with Gasteiger partial charge < -0.3 is 0 Å². The fourth-order valence-electron chi connectivity index (χ4n) is 14.5. The number of imide groups is 3. The second-order valence-corrected chi connectivity index (χ2v) is 20.1. The van der Waals surface area contributed by atoms with E-state index in [0.717, 1.165) is 52.6 Å². The lowest BCUT2D eigenvalue weighted by atomic mass is 9.68. The first kappa shape index (κ1) is 37.8. The molecule has 6 heterocycles. The molecule has 6 amide bonds. The summed E-state index contributed by atoms with van der Waals surface area (Å²) in [4.78, 5) is 102. The predicted molar refractivity (Wildman–Crippen MR) is 246 cm³/mol. The van der Waals surface area contributed by atoms with Gasteiger partial charge in [-0.2, -0.15) is 0 Å². The van der Waals surface area contributed by atoms with Crippen LogP contribution < -0.4 is 0 Å². The molecule has 7 aromatic rings. The summed E-state index contributed by atoms with van der Waals surface area (Å²) in [5.41, 5.74) is 18.9. The van der Waals surface area contributed by atoms with Crippen molar-refractivity contribution in [3.63, 3.8) is 0 Å². The summed E-state index contributed by atoms with van der Waals surface area (Å²) in [5.74, 6) is -1.91. The first-order chi connectivity index (χ1) is 33.7. The molecule has 12 nitrogen and oxygen atoms in total. The van der Waals surface area contributed by atoms with Crippen molar-refractivity contribution in [2.45, 2.75) is 74.4 Å². The van der Waals surface area contributed by atoms with Crippen molar-refractivity contribution in [1.82, 2.24) is 29.7 Å². The van der Waals surface area contributed by atoms with Gasteiger partial charge in [0, 0.05) is 54.1 Å². The van der Waals surface area contributed by atoms with Crippen LogP contribution in [-0.4, -0.2) is 65.1 Å². The molecule has 12 heteroatoms. The third kappa shape index (κ3) is 4.62. The molecule has 330 valence electrons. The molecule has 0 N–H and O–H groups in total. The number of fused-ring (bicyclic) bond motifs is 30. The molecule has 0 saturated carbocycles. The number of nitrogens with zero attached hydrogens (tertiary/aromatic N) is 6. The smallest absolute Gasteiger partial charge is 0.261 e. The van der Waals surface area contributed by atoms with E-state index in [1.807, 2.05) is 91.0 Å². The van der Waals surface area contributed by atoms with Gasteiger partial charge in [0.2, 0.25) is 0 Å². The molecule has 69 heavy (non-hydrogen) atoms. The van der Waals surface area contributed by atoms with Crippen molar-refractivity contribution >= 4 is 35.4 Å². The van der Waals surface area contributed by atoms with Crippen LogP contribution in [0.5, 0.6) is 0 Å². The van der Waals surface area contributed by atoms with Crippen LogP contribution >= 0.6 is 0 Å². The molecular formula is C57H36N6O6. The summed E-state index contributed by atoms with van der Waals surface area (Å²) in [6.07, 6.45) is 7.46. The Balaban J connectivity index is 0.850. The highest BCUT2D eigenvalue weighted by molar-refractivity contribution is 6.23. The van der Waals surface area contributed by atoms with Crippen molar-refractivity contribution in [3.8, 4) is 0 Å². The molecule has 4 aromatic carbocycles. The fraction of sp³-hybridized carbons (Fsp3) is 0.211. The van der Waals surface area contributed by atoms with Crippen LogP contribution in [0.15, 0.2) is 110 Å². The van der Waals surface area contributed by atoms with E-state index < -0.39 is 0 Å². The molecule has 9 aliphatic rings. The molecular weight excluding hydrogens is 865 g/mol. The SMILES string of the molecule is O=C1c2cc3c(cc2C(=O)N1Cc1ccccn1)[C@@H]1C[C@H]3c2c1c1c(c3c2[C@H]2C[C@@H]3c3cc4c(cc32)C(=O)N(Cc2ccccn2)C4=O)[C@H]2C[C@@H]1c1cc3c(cc12)C(=O)N(Cc1ccccn1)C3=O. The Labute approximate surface area is 393 Å². The third-order valence-corrected chi connectivity index (χ3v) is 17.2. The summed E-state index contributed by atoms with van der Waals surface area (Å²) in [6.45, 7) is 0.275. The number of hydrogen-bond acceptors (Lipinski definition) is 9. The van der Waals surface area contributed by atoms with Gasteiger partial charge in [-0.05, 0) is 159 Å². The Morgan fingerprint density at radius 2 is 0.551 bits per heavy atom. The maximum absolute atomic E-state index is 14.1. The molecule has 6 atom stereocenters. The largest absolute Gasteiger partial charge is 0.269 e. The van der Waals surface area contributed by atoms with Crippen LogP contribution in [0.2, 0.25) is 0 Å². The molecule has 0 radical (unpaired) electrons. The Kier molecular flexibility index (Phi) is 7.03. The third-order valence-electron chi connectivity index (χ3n) is 17.2. The van der Waals surface area contributed by atoms with E-state index in [0.29, 0.717) is 50.5 Å². The average Bonchev–Trinajstić information content (AvgIpc) is 4.29. The van der Waals surface area contributed by atoms with Crippen LogP contribution in [0.3, 0.4) is 0 Å². The second kappa shape index (κ2) is 12.8. The highest BCUT2D eigenvalue weighted by Crippen LogP contribution is 2.72. The normalized spacial score (nSPS) is 23.7. The Morgan fingerprint density at radius 1 is 0.333 bits per heavy atom. The van der Waals surface area contributed by atoms with Gasteiger partial charge in [-0.25, -0.2) is 0 Å². The molecule has 0 fully saturated rings. The topological polar surface area (TPSA) is 151 Å². The summed E-state index contributed by atoms with van der Waals surface area (Å²) >= 11 is 0. The molecule has 0 spiro atoms. The minimum Gasteiger partial charge on any atom is -0.269 e. The average molecular weight is 901 g/mol. The summed E-state index contributed by atoms with van der Waals surface area (Å²) in [7, 11) is 0. The Hall–Kier alpha value is -8.25. The lowest BCUT2D eigenvalue weighted by Crippen LogP contribution is -2.29. The van der Waals surface area contributed by atoms with Crippen molar-refractivity contribution in [2.75, 3.05) is 0 Å². The van der Waals surface area contributed by atoms with Crippen molar-refractivity contribution in [2.24, 2.45) is 0 Å². The van der Waals surface area contributed by atoms with Crippen molar-refractivity contribution in [1.29, 1.82) is 0 Å². The van der Waals surface area contributed by atoms with Crippen LogP contribution in [0.1, 0.15) is 201 Å². The zero-order chi connectivity index (χ0) is 45.9. The lowest BCUT2D eigenvalue weighted by Gasteiger charge is -2.35. The molecule has 16 rings (SSSR count). The number of pyridine rings is 3. The van der Waals surface area contributed by atoms with Gasteiger partial charge in [-0.15, -0.1) is 0 Å². The van der Waals surface area contributed by atoms with Gasteiger partial charge >= 0.3 is 0 Å². The second-order valence-electron chi connectivity index (χ2n) is 20.1. The van der Waals surface area contributed by atoms with Crippen LogP contribution in [0.4, 0.5) is 0 Å². The van der Waals surface area contributed by atoms with E-state index in [1.165, 1.54) is 48.1 Å². The number of carbonyl (C=O) groups is 6. The van der Waals surface area contributed by atoms with Gasteiger partial charge in [0.15, 0.2) is 0 Å². The summed E-state index contributed by atoms with van der Waals surface area (Å²) in [6, 6.07) is 28.4. The number of carbonyl (C=O) groups excluding carboxylic acids is 6. The van der Waals surface area contributed by atoms with Gasteiger partial charge in [0.1, 0.15) is 0 Å². The molecule has 6 aliphatic carbocycles. The minimum absolute atomic E-state index is 0.00985. The standard InChI is InChI=1S/C57H36N6O6/c64-52-40-13-28-29(14-41(40)53(65)61(52)22-25-7-1-4-10-58-25)35-19-34(28)46-47(35)49-37-21-39(33-18-45-43(16-31(33)37)55(67)63(57(45)69)24-27-9-3-6-12-60-27)51(49)50-38-20-36(48(46)50)30-15-42-44(17-32(30)38)56(68)62(54(42)66)23-26-8-2-5-11-59-26/h1-18,34-39H,19-24H2/t34-,35+,36+,37-,38-,39+. The van der Waals surface area contributed by atoms with E-state index in [2.05, 4.69) is 15.0 Å². The maximum atomic E-state index is 14.1. The number of rotatable bonds is 6. The molecule has 0 saturated heterocycles. The van der Waals surface area contributed by atoms with Crippen LogP contribution in [0.25, 0.3) is 0 Å². The van der Waals surface area contributed by atoms with Gasteiger partial charge in [-0.3, -0.25) is 58.4 Å². The van der Waals surface area contributed by atoms with Crippen molar-refractivity contribution < 1.29 is 28.8 Å². The number of benzene rings is 4. The zero-order valence-corrected chi connectivity index (χ0v) is 36.7. The number of amides is 6. The summed E-state index contributed by atoms with van der Waals surface area (Å²) < 4.78 is 0. The van der Waals surface area contributed by atoms with Gasteiger partial charge in [-0.1, -0.05) is 18.2 Å². The lowest BCUT2D eigenvalue weighted by molar-refractivity contribution is 0.0625. The van der Waals surface area contributed by atoms with Gasteiger partial charge in [0.05, 0.1) is 70.1 Å². The van der Waals surface area contributed by atoms with E-state index in [1.54, 1.807) is 18.6 Å². The Bertz CT molecular complexity index is 3130. The van der Waals surface area contributed by atoms with Gasteiger partial charge in [0.25, 0.3) is 35.4 Å². The van der Waals surface area contributed by atoms with E-state index in [-0.39, 0.29) is 90.6 Å². The first-order valence-corrected chi connectivity index (χ1v) is 23.8. The predicted octanol–water partition coefficient (Wildman–Crippen LogP) is 8.20. The van der Waals surface area contributed by atoms with E-state index >= 15 is 0 Å². The minimum atomic E-state index is -0.308. The molecule has 6 bridgehead atoms. The van der Waals surface area contributed by atoms with Crippen LogP contribution in [0, 0.1) is 0 Å². The number of hydrogen-bond donors (Lipinski definition) is 0. The zero-order valence-electron chi connectivity index (χ0n) is 36.7. The van der Waals surface area contributed by atoms with Crippen molar-refractivity contribution in [3.05, 3.63) is 227 Å². The molecule has 0 unspecified atom stereocenters. The fourth-order valence-corrected chi connectivity index (χ4v) is 14.5. The Morgan fingerprint density at radius 3 is 0.739 bits per heavy atom. The first-order valence-electron chi connectivity index (χ1n) is 23.8. The van der Waals surface area contributed by atoms with E-state index in [9.17, 15) is 28.8 Å². The number of aromatic nitrogens is 3. The maximum Gasteiger partial charge on any atom is 0.261 e.